The van der Waals surface area contributed by atoms with Gasteiger partial charge in [0.15, 0.2) is 0 Å². The number of nitrogens with zero attached hydrogens (tertiary/aromatic N) is 1. The number of hydrogen-bond donors (Lipinski definition) is 0. The van der Waals surface area contributed by atoms with Gasteiger partial charge in [0.25, 0.3) is 0 Å². The van der Waals surface area contributed by atoms with Crippen LogP contribution in [0.2, 0.25) is 5.02 Å². The lowest BCUT2D eigenvalue weighted by atomic mass is 10.0. The maximum Gasteiger partial charge on any atom is 0.0547 e. The summed E-state index contributed by atoms with van der Waals surface area (Å²) in [5.41, 5.74) is 5.94. The monoisotopic (exact) mass is 403 g/mol. The van der Waals surface area contributed by atoms with Gasteiger partial charge in [-0.2, -0.15) is 0 Å². The minimum Gasteiger partial charge on any atom is -0.309 e. The quantitative estimate of drug-likeness (QED) is 0.274. The minimum atomic E-state index is 0.754. The third-order valence-corrected chi connectivity index (χ3v) is 6.10. The summed E-state index contributed by atoms with van der Waals surface area (Å²) in [6, 6.07) is 38.5. The predicted molar refractivity (Wildman–Crippen MR) is 129 cm³/mol. The standard InChI is InChI=1S/C28H18ClN/c29-22-15-12-19(13-16-22)21-7-5-8-23(18-21)30-26-11-4-3-10-25(26)28-24-9-2-1-6-20(24)14-17-27(28)30/h1-18H. The smallest absolute Gasteiger partial charge is 0.0547 e. The predicted octanol–water partition coefficient (Wildman–Crippen LogP) is 8.26. The zero-order valence-electron chi connectivity index (χ0n) is 16.2. The molecule has 1 heterocycles. The Morgan fingerprint density at radius 2 is 1.30 bits per heavy atom. The van der Waals surface area contributed by atoms with Gasteiger partial charge < -0.3 is 4.57 Å². The van der Waals surface area contributed by atoms with Crippen molar-refractivity contribution in [3.05, 3.63) is 114 Å². The molecule has 5 aromatic carbocycles. The highest BCUT2D eigenvalue weighted by Gasteiger charge is 2.14. The number of benzene rings is 5. The molecule has 142 valence electrons. The fraction of sp³-hybridized carbons (Fsp3) is 0. The van der Waals surface area contributed by atoms with E-state index in [-0.39, 0.29) is 0 Å². The molecular formula is C28H18ClN. The molecule has 6 rings (SSSR count). The molecule has 0 aliphatic carbocycles. The van der Waals surface area contributed by atoms with Crippen LogP contribution in [0.1, 0.15) is 0 Å². The Labute approximate surface area is 179 Å². The molecule has 30 heavy (non-hydrogen) atoms. The van der Waals surface area contributed by atoms with Crippen LogP contribution in [0.25, 0.3) is 49.4 Å². The molecule has 0 saturated carbocycles. The van der Waals surface area contributed by atoms with Crippen molar-refractivity contribution in [3.63, 3.8) is 0 Å². The van der Waals surface area contributed by atoms with E-state index >= 15 is 0 Å². The molecule has 2 heteroatoms. The van der Waals surface area contributed by atoms with Crippen LogP contribution in [0.4, 0.5) is 0 Å². The van der Waals surface area contributed by atoms with E-state index in [2.05, 4.69) is 102 Å². The van der Waals surface area contributed by atoms with Crippen molar-refractivity contribution in [2.24, 2.45) is 0 Å². The van der Waals surface area contributed by atoms with E-state index < -0.39 is 0 Å². The van der Waals surface area contributed by atoms with E-state index in [1.807, 2.05) is 12.1 Å². The van der Waals surface area contributed by atoms with Gasteiger partial charge in [0, 0.05) is 21.5 Å². The SMILES string of the molecule is Clc1ccc(-c2cccc(-n3c4ccccc4c4c5ccccc5ccc43)c2)cc1. The Balaban J connectivity index is 1.68. The molecular weight excluding hydrogens is 386 g/mol. The fourth-order valence-electron chi connectivity index (χ4n) is 4.48. The molecule has 0 fully saturated rings. The van der Waals surface area contributed by atoms with Crippen LogP contribution in [0.15, 0.2) is 109 Å². The normalized spacial score (nSPS) is 11.5. The topological polar surface area (TPSA) is 4.93 Å². The van der Waals surface area contributed by atoms with Crippen LogP contribution >= 0.6 is 11.6 Å². The Morgan fingerprint density at radius 3 is 2.17 bits per heavy atom. The summed E-state index contributed by atoms with van der Waals surface area (Å²) in [6.45, 7) is 0. The summed E-state index contributed by atoms with van der Waals surface area (Å²) in [5.74, 6) is 0. The van der Waals surface area contributed by atoms with Crippen molar-refractivity contribution in [1.82, 2.24) is 4.57 Å². The summed E-state index contributed by atoms with van der Waals surface area (Å²) >= 11 is 6.09. The van der Waals surface area contributed by atoms with Crippen molar-refractivity contribution in [1.29, 1.82) is 0 Å². The first-order valence-corrected chi connectivity index (χ1v) is 10.4. The molecule has 1 aromatic heterocycles. The number of rotatable bonds is 2. The summed E-state index contributed by atoms with van der Waals surface area (Å²) < 4.78 is 2.37. The molecule has 1 nitrogen and oxygen atoms in total. The molecule has 0 spiro atoms. The van der Waals surface area contributed by atoms with E-state index in [9.17, 15) is 0 Å². The van der Waals surface area contributed by atoms with Gasteiger partial charge in [0.1, 0.15) is 0 Å². The average molecular weight is 404 g/mol. The highest BCUT2D eigenvalue weighted by Crippen LogP contribution is 2.37. The highest BCUT2D eigenvalue weighted by molar-refractivity contribution is 6.30. The van der Waals surface area contributed by atoms with Gasteiger partial charge in [-0.25, -0.2) is 0 Å². The molecule has 0 unspecified atom stereocenters. The third-order valence-electron chi connectivity index (χ3n) is 5.84. The number of hydrogen-bond acceptors (Lipinski definition) is 0. The van der Waals surface area contributed by atoms with Crippen LogP contribution in [-0.2, 0) is 0 Å². The van der Waals surface area contributed by atoms with Crippen LogP contribution < -0.4 is 0 Å². The molecule has 0 saturated heterocycles. The van der Waals surface area contributed by atoms with E-state index in [0.717, 1.165) is 16.3 Å². The fourth-order valence-corrected chi connectivity index (χ4v) is 4.61. The van der Waals surface area contributed by atoms with Gasteiger partial charge in [-0.3, -0.25) is 0 Å². The molecule has 0 bridgehead atoms. The van der Waals surface area contributed by atoms with Crippen LogP contribution in [0, 0.1) is 0 Å². The van der Waals surface area contributed by atoms with Gasteiger partial charge in [-0.05, 0) is 58.3 Å². The molecule has 0 N–H and O–H groups in total. The van der Waals surface area contributed by atoms with Crippen molar-refractivity contribution >= 4 is 44.2 Å². The van der Waals surface area contributed by atoms with Gasteiger partial charge in [0.2, 0.25) is 0 Å². The van der Waals surface area contributed by atoms with Crippen molar-refractivity contribution in [3.8, 4) is 16.8 Å². The van der Waals surface area contributed by atoms with Gasteiger partial charge in [-0.1, -0.05) is 84.4 Å². The van der Waals surface area contributed by atoms with Crippen LogP contribution in [-0.4, -0.2) is 4.57 Å². The lowest BCUT2D eigenvalue weighted by molar-refractivity contribution is 1.18. The number of fused-ring (bicyclic) bond motifs is 5. The summed E-state index contributed by atoms with van der Waals surface area (Å²) in [7, 11) is 0. The first kappa shape index (κ1) is 17.3. The Bertz CT molecular complexity index is 1540. The zero-order chi connectivity index (χ0) is 20.1. The molecule has 0 atom stereocenters. The number of para-hydroxylation sites is 1. The first-order chi connectivity index (χ1) is 14.8. The van der Waals surface area contributed by atoms with Crippen LogP contribution in [0.3, 0.4) is 0 Å². The number of halogens is 1. The van der Waals surface area contributed by atoms with Crippen molar-refractivity contribution < 1.29 is 0 Å². The molecule has 6 aromatic rings. The third kappa shape index (κ3) is 2.63. The Hall–Kier alpha value is -3.55. The van der Waals surface area contributed by atoms with E-state index in [1.165, 1.54) is 38.1 Å². The van der Waals surface area contributed by atoms with E-state index in [4.69, 9.17) is 11.6 Å². The Morgan fingerprint density at radius 1 is 0.533 bits per heavy atom. The number of aromatic nitrogens is 1. The second kappa shape index (κ2) is 6.76. The molecule has 0 radical (unpaired) electrons. The van der Waals surface area contributed by atoms with Gasteiger partial charge >= 0.3 is 0 Å². The zero-order valence-corrected chi connectivity index (χ0v) is 17.0. The van der Waals surface area contributed by atoms with Gasteiger partial charge in [-0.15, -0.1) is 0 Å². The maximum absolute atomic E-state index is 6.09. The lowest BCUT2D eigenvalue weighted by Gasteiger charge is -2.11. The van der Waals surface area contributed by atoms with Crippen molar-refractivity contribution in [2.75, 3.05) is 0 Å². The van der Waals surface area contributed by atoms with Crippen molar-refractivity contribution in [2.45, 2.75) is 0 Å². The minimum absolute atomic E-state index is 0.754. The Kier molecular flexibility index (Phi) is 3.90. The van der Waals surface area contributed by atoms with E-state index in [1.54, 1.807) is 0 Å². The maximum atomic E-state index is 6.09. The summed E-state index contributed by atoms with van der Waals surface area (Å²) in [4.78, 5) is 0. The molecule has 0 amide bonds. The highest BCUT2D eigenvalue weighted by atomic mass is 35.5. The van der Waals surface area contributed by atoms with Crippen LogP contribution in [0.5, 0.6) is 0 Å². The second-order valence-corrected chi connectivity index (χ2v) is 8.03. The summed E-state index contributed by atoms with van der Waals surface area (Å²) in [5, 5.41) is 5.90. The molecule has 0 aliphatic rings. The second-order valence-electron chi connectivity index (χ2n) is 7.59. The first-order valence-electron chi connectivity index (χ1n) is 10.1. The lowest BCUT2D eigenvalue weighted by Crippen LogP contribution is -1.94. The molecule has 0 aliphatic heterocycles. The van der Waals surface area contributed by atoms with E-state index in [0.29, 0.717) is 0 Å². The summed E-state index contributed by atoms with van der Waals surface area (Å²) in [6.07, 6.45) is 0. The largest absolute Gasteiger partial charge is 0.309 e. The van der Waals surface area contributed by atoms with Gasteiger partial charge in [0.05, 0.1) is 11.0 Å². The average Bonchev–Trinajstić information content (AvgIpc) is 3.14.